The maximum atomic E-state index is 13.2. The van der Waals surface area contributed by atoms with E-state index in [1.54, 1.807) is 17.6 Å². The maximum absolute atomic E-state index is 13.2. The number of hydrogen-bond acceptors (Lipinski definition) is 8. The molecule has 0 unspecified atom stereocenters. The number of ether oxygens (including phenoxy) is 2. The molecular weight excluding hydrogens is 500 g/mol. The Kier molecular flexibility index (Phi) is 6.84. The van der Waals surface area contributed by atoms with Crippen LogP contribution >= 0.6 is 11.3 Å². The van der Waals surface area contributed by atoms with E-state index in [1.165, 1.54) is 0 Å². The molecule has 1 fully saturated rings. The molecule has 4 aromatic rings. The number of nitrogens with one attached hydrogen (secondary N) is 1. The molecule has 0 radical (unpaired) electrons. The van der Waals surface area contributed by atoms with E-state index in [-0.39, 0.29) is 12.7 Å². The van der Waals surface area contributed by atoms with Crippen molar-refractivity contribution in [2.45, 2.75) is 20.0 Å². The van der Waals surface area contributed by atoms with Crippen LogP contribution in [-0.4, -0.2) is 71.5 Å². The topological polar surface area (TPSA) is 84.2 Å². The first-order chi connectivity index (χ1) is 18.6. The predicted octanol–water partition coefficient (Wildman–Crippen LogP) is 4.02. The SMILES string of the molecule is CCn1cc(C(=O)N/N=C/c2ccc3c(c2)OCO3)c2cc(-c3nc(CN4CCN(C)CC4)cs3)ccc21. The molecule has 38 heavy (non-hydrogen) atoms. The zero-order valence-corrected chi connectivity index (χ0v) is 22.3. The Bertz CT molecular complexity index is 1500. The van der Waals surface area contributed by atoms with Crippen molar-refractivity contribution in [3.05, 3.63) is 64.8 Å². The number of piperazine rings is 1. The van der Waals surface area contributed by atoms with E-state index >= 15 is 0 Å². The van der Waals surface area contributed by atoms with Gasteiger partial charge in [0.05, 0.1) is 17.5 Å². The van der Waals surface area contributed by atoms with Gasteiger partial charge in [0.2, 0.25) is 6.79 Å². The molecule has 2 aliphatic rings. The van der Waals surface area contributed by atoms with Crippen LogP contribution < -0.4 is 14.9 Å². The van der Waals surface area contributed by atoms with Crippen LogP contribution in [0.3, 0.4) is 0 Å². The largest absolute Gasteiger partial charge is 0.454 e. The molecule has 2 aromatic heterocycles. The van der Waals surface area contributed by atoms with Crippen molar-refractivity contribution in [2.75, 3.05) is 40.0 Å². The molecular formula is C28H30N6O3S. The molecule has 196 valence electrons. The highest BCUT2D eigenvalue weighted by Gasteiger charge is 2.18. The van der Waals surface area contributed by atoms with E-state index in [9.17, 15) is 4.79 Å². The van der Waals surface area contributed by atoms with Gasteiger partial charge in [0.1, 0.15) is 5.01 Å². The highest BCUT2D eigenvalue weighted by atomic mass is 32.1. The third-order valence-corrected chi connectivity index (χ3v) is 7.96. The minimum atomic E-state index is -0.258. The quantitative estimate of drug-likeness (QED) is 0.287. The van der Waals surface area contributed by atoms with Crippen LogP contribution in [0.2, 0.25) is 0 Å². The van der Waals surface area contributed by atoms with E-state index in [1.807, 2.05) is 24.4 Å². The highest BCUT2D eigenvalue weighted by molar-refractivity contribution is 7.13. The molecule has 10 heteroatoms. The van der Waals surface area contributed by atoms with Gasteiger partial charge in [-0.15, -0.1) is 11.3 Å². The number of hydrazone groups is 1. The first-order valence-electron chi connectivity index (χ1n) is 12.8. The second-order valence-corrected chi connectivity index (χ2v) is 10.5. The van der Waals surface area contributed by atoms with Crippen LogP contribution in [0, 0.1) is 0 Å². The van der Waals surface area contributed by atoms with Crippen molar-refractivity contribution in [3.63, 3.8) is 0 Å². The summed E-state index contributed by atoms with van der Waals surface area (Å²) in [5, 5.41) is 8.18. The zero-order valence-electron chi connectivity index (χ0n) is 21.5. The van der Waals surface area contributed by atoms with Crippen LogP contribution in [0.15, 0.2) is 53.1 Å². The van der Waals surface area contributed by atoms with Crippen molar-refractivity contribution >= 4 is 34.4 Å². The fraction of sp³-hybridized carbons (Fsp3) is 0.321. The first kappa shape index (κ1) is 24.6. The molecule has 1 amide bonds. The normalized spacial score (nSPS) is 16.1. The average Bonchev–Trinajstić information content (AvgIpc) is 3.68. The number of carbonyl (C=O) groups is 1. The number of fused-ring (bicyclic) bond motifs is 2. The van der Waals surface area contributed by atoms with Gasteiger partial charge in [0.25, 0.3) is 5.91 Å². The number of benzene rings is 2. The van der Waals surface area contributed by atoms with Crippen molar-refractivity contribution < 1.29 is 14.3 Å². The van der Waals surface area contributed by atoms with Crippen LogP contribution in [-0.2, 0) is 13.1 Å². The Hall–Kier alpha value is -3.73. The summed E-state index contributed by atoms with van der Waals surface area (Å²) in [7, 11) is 2.17. The summed E-state index contributed by atoms with van der Waals surface area (Å²) in [5.74, 6) is 1.12. The Morgan fingerprint density at radius 1 is 1.13 bits per heavy atom. The van der Waals surface area contributed by atoms with Gasteiger partial charge in [-0.2, -0.15) is 5.10 Å². The highest BCUT2D eigenvalue weighted by Crippen LogP contribution is 2.32. The molecule has 0 bridgehead atoms. The molecule has 6 rings (SSSR count). The number of nitrogens with zero attached hydrogens (tertiary/aromatic N) is 5. The van der Waals surface area contributed by atoms with Gasteiger partial charge < -0.3 is 18.9 Å². The summed E-state index contributed by atoms with van der Waals surface area (Å²) in [6, 6.07) is 11.8. The number of amides is 1. The predicted molar refractivity (Wildman–Crippen MR) is 149 cm³/mol. The minimum Gasteiger partial charge on any atom is -0.454 e. The van der Waals surface area contributed by atoms with E-state index < -0.39 is 0 Å². The average molecular weight is 531 g/mol. The minimum absolute atomic E-state index is 0.217. The molecule has 2 aromatic carbocycles. The van der Waals surface area contributed by atoms with E-state index in [2.05, 4.69) is 62.4 Å². The second-order valence-electron chi connectivity index (χ2n) is 9.60. The summed E-state index contributed by atoms with van der Waals surface area (Å²) in [6.45, 7) is 8.23. The molecule has 0 spiro atoms. The Morgan fingerprint density at radius 2 is 1.97 bits per heavy atom. The van der Waals surface area contributed by atoms with Gasteiger partial charge in [0, 0.05) is 67.3 Å². The van der Waals surface area contributed by atoms with E-state index in [0.29, 0.717) is 17.1 Å². The Balaban J connectivity index is 1.20. The molecule has 0 saturated carbocycles. The van der Waals surface area contributed by atoms with Gasteiger partial charge in [-0.05, 0) is 55.9 Å². The third-order valence-electron chi connectivity index (χ3n) is 7.02. The number of likely N-dealkylation sites (N-methyl/N-ethyl adjacent to an activating group) is 1. The van der Waals surface area contributed by atoms with Gasteiger partial charge in [-0.1, -0.05) is 0 Å². The molecule has 4 heterocycles. The molecule has 2 aliphatic heterocycles. The van der Waals surface area contributed by atoms with Crippen molar-refractivity contribution in [3.8, 4) is 22.1 Å². The number of carbonyl (C=O) groups excluding carboxylic acids is 1. The van der Waals surface area contributed by atoms with E-state index in [0.717, 1.165) is 72.0 Å². The Morgan fingerprint density at radius 3 is 2.82 bits per heavy atom. The summed E-state index contributed by atoms with van der Waals surface area (Å²) in [5.41, 5.74) is 7.19. The molecule has 9 nitrogen and oxygen atoms in total. The third kappa shape index (κ3) is 5.02. The van der Waals surface area contributed by atoms with Gasteiger partial charge in [0.15, 0.2) is 11.5 Å². The first-order valence-corrected chi connectivity index (χ1v) is 13.7. The summed E-state index contributed by atoms with van der Waals surface area (Å²) in [6.07, 6.45) is 3.49. The van der Waals surface area contributed by atoms with Crippen LogP contribution in [0.25, 0.3) is 21.5 Å². The van der Waals surface area contributed by atoms with Gasteiger partial charge >= 0.3 is 0 Å². The number of aryl methyl sites for hydroxylation is 1. The smallest absolute Gasteiger partial charge is 0.273 e. The number of aromatic nitrogens is 2. The van der Waals surface area contributed by atoms with Crippen LogP contribution in [0.5, 0.6) is 11.5 Å². The molecule has 1 saturated heterocycles. The summed E-state index contributed by atoms with van der Waals surface area (Å²) < 4.78 is 12.8. The monoisotopic (exact) mass is 530 g/mol. The van der Waals surface area contributed by atoms with Gasteiger partial charge in [-0.3, -0.25) is 9.69 Å². The molecule has 0 atom stereocenters. The molecule has 0 aliphatic carbocycles. The second kappa shape index (κ2) is 10.6. The fourth-order valence-electron chi connectivity index (χ4n) is 4.84. The van der Waals surface area contributed by atoms with Crippen LogP contribution in [0.4, 0.5) is 0 Å². The lowest BCUT2D eigenvalue weighted by Gasteiger charge is -2.31. The zero-order chi connectivity index (χ0) is 26.1. The van der Waals surface area contributed by atoms with E-state index in [4.69, 9.17) is 14.5 Å². The lowest BCUT2D eigenvalue weighted by Crippen LogP contribution is -2.43. The maximum Gasteiger partial charge on any atom is 0.273 e. The van der Waals surface area contributed by atoms with Crippen molar-refractivity contribution in [1.82, 2.24) is 24.8 Å². The summed E-state index contributed by atoms with van der Waals surface area (Å²) >= 11 is 1.65. The fourth-order valence-corrected chi connectivity index (χ4v) is 5.65. The Labute approximate surface area is 225 Å². The van der Waals surface area contributed by atoms with Crippen molar-refractivity contribution in [1.29, 1.82) is 0 Å². The number of hydrogen-bond donors (Lipinski definition) is 1. The number of thiazole rings is 1. The van der Waals surface area contributed by atoms with Crippen molar-refractivity contribution in [2.24, 2.45) is 5.10 Å². The number of rotatable bonds is 7. The lowest BCUT2D eigenvalue weighted by atomic mass is 10.1. The van der Waals surface area contributed by atoms with Crippen LogP contribution in [0.1, 0.15) is 28.5 Å². The molecule has 1 N–H and O–H groups in total. The lowest BCUT2D eigenvalue weighted by molar-refractivity contribution is 0.0956. The summed E-state index contributed by atoms with van der Waals surface area (Å²) in [4.78, 5) is 22.9. The standard InChI is InChI=1S/C28H30N6O3S/c1-3-34-16-23(27(35)31-29-14-19-4-7-25-26(12-19)37-18-36-25)22-13-20(5-6-24(22)34)28-30-21(17-38-28)15-33-10-8-32(2)9-11-33/h4-7,12-14,16-17H,3,8-11,15,18H2,1-2H3,(H,31,35)/b29-14+. The van der Waals surface area contributed by atoms with Gasteiger partial charge in [-0.25, -0.2) is 10.4 Å².